The second-order valence-corrected chi connectivity index (χ2v) is 5.99. The predicted molar refractivity (Wildman–Crippen MR) is 75.2 cm³/mol. The van der Waals surface area contributed by atoms with Crippen molar-refractivity contribution in [3.05, 3.63) is 0 Å². The van der Waals surface area contributed by atoms with E-state index < -0.39 is 5.54 Å². The molecule has 2 unspecified atom stereocenters. The molecule has 1 saturated carbocycles. The first kappa shape index (κ1) is 15.4. The molecule has 0 saturated heterocycles. The highest BCUT2D eigenvalue weighted by atomic mass is 15.1. The van der Waals surface area contributed by atoms with Gasteiger partial charge in [0, 0.05) is 0 Å². The minimum Gasteiger partial charge on any atom is -0.313 e. The van der Waals surface area contributed by atoms with E-state index in [1.165, 1.54) is 6.42 Å². The van der Waals surface area contributed by atoms with Crippen LogP contribution < -0.4 is 5.73 Å². The minimum atomic E-state index is -0.551. The lowest BCUT2D eigenvalue weighted by atomic mass is 9.87. The van der Waals surface area contributed by atoms with Gasteiger partial charge in [-0.2, -0.15) is 5.26 Å². The Hall–Kier alpha value is -0.630. The average Bonchev–Trinajstić information content (AvgIpc) is 2.68. The summed E-state index contributed by atoms with van der Waals surface area (Å²) in [6, 6.07) is 2.32. The Labute approximate surface area is 112 Å². The second kappa shape index (κ2) is 7.08. The molecule has 18 heavy (non-hydrogen) atoms. The highest BCUT2D eigenvalue weighted by Gasteiger charge is 2.39. The van der Waals surface area contributed by atoms with Crippen LogP contribution in [0.25, 0.3) is 0 Å². The molecule has 0 radical (unpaired) electrons. The summed E-state index contributed by atoms with van der Waals surface area (Å²) >= 11 is 0. The van der Waals surface area contributed by atoms with Gasteiger partial charge in [0.15, 0.2) is 0 Å². The van der Waals surface area contributed by atoms with Gasteiger partial charge < -0.3 is 15.5 Å². The number of hydrogen-bond acceptors (Lipinski definition) is 4. The van der Waals surface area contributed by atoms with Crippen LogP contribution in [0.1, 0.15) is 32.1 Å². The third kappa shape index (κ3) is 4.56. The van der Waals surface area contributed by atoms with Crippen LogP contribution in [-0.4, -0.2) is 56.1 Å². The number of nitrogens with two attached hydrogens (primary N) is 1. The van der Waals surface area contributed by atoms with Gasteiger partial charge >= 0.3 is 0 Å². The largest absolute Gasteiger partial charge is 0.313 e. The summed E-state index contributed by atoms with van der Waals surface area (Å²) in [6.07, 6.45) is 5.36. The van der Waals surface area contributed by atoms with E-state index in [0.717, 1.165) is 45.3 Å². The number of hydrogen-bond donors (Lipinski definition) is 1. The van der Waals surface area contributed by atoms with Crippen molar-refractivity contribution in [1.29, 1.82) is 5.26 Å². The van der Waals surface area contributed by atoms with Crippen molar-refractivity contribution in [2.75, 3.05) is 40.8 Å². The molecular weight excluding hydrogens is 224 g/mol. The maximum atomic E-state index is 9.17. The molecule has 104 valence electrons. The lowest BCUT2D eigenvalue weighted by Gasteiger charge is -2.26. The van der Waals surface area contributed by atoms with E-state index in [1.807, 2.05) is 0 Å². The lowest BCUT2D eigenvalue weighted by molar-refractivity contribution is 0.261. The maximum Gasteiger partial charge on any atom is 0.107 e. The monoisotopic (exact) mass is 252 g/mol. The number of rotatable bonds is 7. The summed E-state index contributed by atoms with van der Waals surface area (Å²) in [5, 5.41) is 9.17. The summed E-state index contributed by atoms with van der Waals surface area (Å²) in [5.74, 6) is 0.388. The van der Waals surface area contributed by atoms with Crippen LogP contribution in [0.15, 0.2) is 0 Å². The molecule has 1 rings (SSSR count). The van der Waals surface area contributed by atoms with Crippen molar-refractivity contribution >= 4 is 0 Å². The van der Waals surface area contributed by atoms with Crippen LogP contribution in [0, 0.1) is 17.2 Å². The molecule has 0 aromatic rings. The van der Waals surface area contributed by atoms with Gasteiger partial charge in [-0.15, -0.1) is 0 Å². The van der Waals surface area contributed by atoms with Crippen molar-refractivity contribution in [3.63, 3.8) is 0 Å². The van der Waals surface area contributed by atoms with Gasteiger partial charge in [-0.1, -0.05) is 6.42 Å². The maximum absolute atomic E-state index is 9.17. The second-order valence-electron chi connectivity index (χ2n) is 5.99. The minimum absolute atomic E-state index is 0.388. The first-order chi connectivity index (χ1) is 8.48. The average molecular weight is 252 g/mol. The molecule has 0 heterocycles. The van der Waals surface area contributed by atoms with E-state index in [2.05, 4.69) is 37.0 Å². The smallest absolute Gasteiger partial charge is 0.107 e. The molecule has 4 heteroatoms. The van der Waals surface area contributed by atoms with Crippen LogP contribution in [0.3, 0.4) is 0 Å². The Morgan fingerprint density at radius 3 is 2.61 bits per heavy atom. The summed E-state index contributed by atoms with van der Waals surface area (Å²) in [6.45, 7) is 3.31. The van der Waals surface area contributed by atoms with Crippen LogP contribution in [0.4, 0.5) is 0 Å². The van der Waals surface area contributed by atoms with E-state index >= 15 is 0 Å². The van der Waals surface area contributed by atoms with Gasteiger partial charge in [-0.3, -0.25) is 0 Å². The zero-order valence-electron chi connectivity index (χ0n) is 12.2. The molecule has 0 aromatic carbocycles. The molecule has 2 N–H and O–H groups in total. The number of nitriles is 1. The summed E-state index contributed by atoms with van der Waals surface area (Å²) < 4.78 is 0. The van der Waals surface area contributed by atoms with E-state index in [-0.39, 0.29) is 0 Å². The fraction of sp³-hybridized carbons (Fsp3) is 0.929. The van der Waals surface area contributed by atoms with Crippen LogP contribution >= 0.6 is 0 Å². The van der Waals surface area contributed by atoms with Crippen molar-refractivity contribution in [1.82, 2.24) is 9.80 Å². The lowest BCUT2D eigenvalue weighted by Crippen LogP contribution is -2.43. The van der Waals surface area contributed by atoms with Crippen molar-refractivity contribution < 1.29 is 0 Å². The van der Waals surface area contributed by atoms with Gasteiger partial charge in [0.05, 0.1) is 6.07 Å². The SMILES string of the molecule is CN(C)CCCN(C)CCC1CCCC1(N)C#N. The molecule has 1 aliphatic carbocycles. The van der Waals surface area contributed by atoms with Crippen molar-refractivity contribution in [3.8, 4) is 6.07 Å². The molecule has 1 fully saturated rings. The zero-order valence-corrected chi connectivity index (χ0v) is 12.2. The normalized spacial score (nSPS) is 27.9. The van der Waals surface area contributed by atoms with Crippen molar-refractivity contribution in [2.45, 2.75) is 37.6 Å². The van der Waals surface area contributed by atoms with Crippen LogP contribution in [0.2, 0.25) is 0 Å². The van der Waals surface area contributed by atoms with E-state index in [9.17, 15) is 0 Å². The van der Waals surface area contributed by atoms with E-state index in [1.54, 1.807) is 0 Å². The summed E-state index contributed by atoms with van der Waals surface area (Å²) in [4.78, 5) is 4.57. The molecule has 0 amide bonds. The molecule has 4 nitrogen and oxygen atoms in total. The Morgan fingerprint density at radius 2 is 2.00 bits per heavy atom. The number of nitrogens with zero attached hydrogens (tertiary/aromatic N) is 3. The Bertz CT molecular complexity index is 284. The Kier molecular flexibility index (Phi) is 6.07. The van der Waals surface area contributed by atoms with Gasteiger partial charge in [-0.25, -0.2) is 0 Å². The van der Waals surface area contributed by atoms with E-state index in [0.29, 0.717) is 5.92 Å². The van der Waals surface area contributed by atoms with Gasteiger partial charge in [0.1, 0.15) is 5.54 Å². The summed E-state index contributed by atoms with van der Waals surface area (Å²) in [5.41, 5.74) is 5.59. The van der Waals surface area contributed by atoms with Gasteiger partial charge in [0.25, 0.3) is 0 Å². The van der Waals surface area contributed by atoms with Crippen molar-refractivity contribution in [2.24, 2.45) is 11.7 Å². The molecule has 2 atom stereocenters. The van der Waals surface area contributed by atoms with Gasteiger partial charge in [-0.05, 0) is 72.4 Å². The molecule has 1 aliphatic rings. The zero-order chi connectivity index (χ0) is 13.6. The molecule has 0 spiro atoms. The summed E-state index contributed by atoms with van der Waals surface area (Å²) in [7, 11) is 6.37. The standard InChI is InChI=1S/C14H28N4/c1-17(2)9-5-10-18(3)11-7-13-6-4-8-14(13,16)12-15/h13H,4-11,16H2,1-3H3. The topological polar surface area (TPSA) is 56.3 Å². The van der Waals surface area contributed by atoms with Gasteiger partial charge in [0.2, 0.25) is 0 Å². The fourth-order valence-corrected chi connectivity index (χ4v) is 2.80. The fourth-order valence-electron chi connectivity index (χ4n) is 2.80. The molecule has 0 bridgehead atoms. The highest BCUT2D eigenvalue weighted by Crippen LogP contribution is 2.35. The quantitative estimate of drug-likeness (QED) is 0.741. The first-order valence-corrected chi connectivity index (χ1v) is 7.01. The Morgan fingerprint density at radius 1 is 1.28 bits per heavy atom. The molecule has 0 aliphatic heterocycles. The van der Waals surface area contributed by atoms with E-state index in [4.69, 9.17) is 11.0 Å². The van der Waals surface area contributed by atoms with Crippen LogP contribution in [0.5, 0.6) is 0 Å². The molecule has 0 aromatic heterocycles. The highest BCUT2D eigenvalue weighted by molar-refractivity contribution is 5.11. The Balaban J connectivity index is 2.22. The first-order valence-electron chi connectivity index (χ1n) is 7.01. The third-order valence-corrected chi connectivity index (χ3v) is 4.08. The molecular formula is C14H28N4. The van der Waals surface area contributed by atoms with Crippen LogP contribution in [-0.2, 0) is 0 Å². The predicted octanol–water partition coefficient (Wildman–Crippen LogP) is 1.28. The third-order valence-electron chi connectivity index (χ3n) is 4.08.